The molecule has 0 bridgehead atoms. The SMILES string of the molecule is CCOc1ccc(NC(=O)c2cccc(=O)[nH]2)c(C)c1. The van der Waals surface area contributed by atoms with Gasteiger partial charge < -0.3 is 15.0 Å². The van der Waals surface area contributed by atoms with Gasteiger partial charge in [-0.15, -0.1) is 0 Å². The Morgan fingerprint density at radius 1 is 1.30 bits per heavy atom. The molecule has 0 aliphatic rings. The predicted molar refractivity (Wildman–Crippen MR) is 77.4 cm³/mol. The highest BCUT2D eigenvalue weighted by molar-refractivity contribution is 6.03. The van der Waals surface area contributed by atoms with Crippen LogP contribution >= 0.6 is 0 Å². The minimum absolute atomic E-state index is 0.228. The quantitative estimate of drug-likeness (QED) is 0.897. The molecule has 0 atom stereocenters. The number of carbonyl (C=O) groups excluding carboxylic acids is 1. The molecule has 0 fully saturated rings. The Bertz CT molecular complexity index is 677. The smallest absolute Gasteiger partial charge is 0.272 e. The van der Waals surface area contributed by atoms with Crippen molar-refractivity contribution in [2.24, 2.45) is 0 Å². The zero-order chi connectivity index (χ0) is 14.5. The van der Waals surface area contributed by atoms with Gasteiger partial charge in [-0.05, 0) is 43.7 Å². The van der Waals surface area contributed by atoms with Crippen molar-refractivity contribution in [3.05, 3.63) is 58.0 Å². The lowest BCUT2D eigenvalue weighted by Crippen LogP contribution is -2.18. The summed E-state index contributed by atoms with van der Waals surface area (Å²) in [5, 5.41) is 2.76. The first-order valence-corrected chi connectivity index (χ1v) is 6.34. The van der Waals surface area contributed by atoms with Crippen molar-refractivity contribution in [2.45, 2.75) is 13.8 Å². The molecule has 0 saturated carbocycles. The van der Waals surface area contributed by atoms with Crippen molar-refractivity contribution >= 4 is 11.6 Å². The highest BCUT2D eigenvalue weighted by Gasteiger charge is 2.08. The summed E-state index contributed by atoms with van der Waals surface area (Å²) in [6.45, 7) is 4.39. The van der Waals surface area contributed by atoms with E-state index in [9.17, 15) is 9.59 Å². The third kappa shape index (κ3) is 3.26. The molecule has 5 heteroatoms. The zero-order valence-corrected chi connectivity index (χ0v) is 11.4. The number of carbonyl (C=O) groups is 1. The lowest BCUT2D eigenvalue weighted by molar-refractivity contribution is 0.102. The van der Waals surface area contributed by atoms with Gasteiger partial charge in [0.2, 0.25) is 5.56 Å². The third-order valence-electron chi connectivity index (χ3n) is 2.77. The van der Waals surface area contributed by atoms with E-state index in [1.807, 2.05) is 19.9 Å². The van der Waals surface area contributed by atoms with E-state index >= 15 is 0 Å². The standard InChI is InChI=1S/C15H16N2O3/c1-3-20-11-7-8-12(10(2)9-11)17-15(19)13-5-4-6-14(18)16-13/h4-9H,3H2,1-2H3,(H,16,18)(H,17,19). The fourth-order valence-corrected chi connectivity index (χ4v) is 1.80. The number of aryl methyl sites for hydroxylation is 1. The number of aromatic nitrogens is 1. The van der Waals surface area contributed by atoms with E-state index in [1.54, 1.807) is 24.3 Å². The molecule has 0 unspecified atom stereocenters. The second-order valence-corrected chi connectivity index (χ2v) is 4.29. The molecule has 2 aromatic rings. The van der Waals surface area contributed by atoms with Crippen molar-refractivity contribution in [1.29, 1.82) is 0 Å². The van der Waals surface area contributed by atoms with Crippen molar-refractivity contribution in [3.63, 3.8) is 0 Å². The van der Waals surface area contributed by atoms with Gasteiger partial charge >= 0.3 is 0 Å². The van der Waals surface area contributed by atoms with Gasteiger partial charge in [0.25, 0.3) is 5.91 Å². The molecular formula is C15H16N2O3. The van der Waals surface area contributed by atoms with Gasteiger partial charge in [-0.1, -0.05) is 6.07 Å². The molecule has 2 N–H and O–H groups in total. The number of hydrogen-bond donors (Lipinski definition) is 2. The summed E-state index contributed by atoms with van der Waals surface area (Å²) in [7, 11) is 0. The average Bonchev–Trinajstić information content (AvgIpc) is 2.42. The third-order valence-corrected chi connectivity index (χ3v) is 2.77. The number of benzene rings is 1. The maximum Gasteiger partial charge on any atom is 0.272 e. The van der Waals surface area contributed by atoms with Crippen LogP contribution in [-0.4, -0.2) is 17.5 Å². The van der Waals surface area contributed by atoms with Crippen molar-refractivity contribution in [1.82, 2.24) is 4.98 Å². The highest BCUT2D eigenvalue weighted by atomic mass is 16.5. The molecule has 0 spiro atoms. The van der Waals surface area contributed by atoms with E-state index in [-0.39, 0.29) is 17.2 Å². The van der Waals surface area contributed by atoms with Crippen molar-refractivity contribution in [2.75, 3.05) is 11.9 Å². The van der Waals surface area contributed by atoms with Crippen molar-refractivity contribution < 1.29 is 9.53 Å². The Morgan fingerprint density at radius 3 is 2.75 bits per heavy atom. The molecule has 5 nitrogen and oxygen atoms in total. The number of aromatic amines is 1. The molecule has 1 heterocycles. The Morgan fingerprint density at radius 2 is 2.10 bits per heavy atom. The van der Waals surface area contributed by atoms with Crippen LogP contribution in [0.25, 0.3) is 0 Å². The normalized spacial score (nSPS) is 10.1. The lowest BCUT2D eigenvalue weighted by Gasteiger charge is -2.10. The molecule has 2 rings (SSSR count). The van der Waals surface area contributed by atoms with Crippen LogP contribution in [0.2, 0.25) is 0 Å². The molecule has 1 amide bonds. The largest absolute Gasteiger partial charge is 0.494 e. The van der Waals surface area contributed by atoms with Gasteiger partial charge in [0.15, 0.2) is 0 Å². The van der Waals surface area contributed by atoms with Gasteiger partial charge in [0.05, 0.1) is 6.61 Å². The van der Waals surface area contributed by atoms with Gasteiger partial charge in [-0.25, -0.2) is 0 Å². The number of rotatable bonds is 4. The number of ether oxygens (including phenoxy) is 1. The maximum atomic E-state index is 12.0. The minimum atomic E-state index is -0.352. The molecule has 1 aromatic carbocycles. The van der Waals surface area contributed by atoms with E-state index in [1.165, 1.54) is 6.07 Å². The number of anilines is 1. The number of nitrogens with one attached hydrogen (secondary N) is 2. The minimum Gasteiger partial charge on any atom is -0.494 e. The fourth-order valence-electron chi connectivity index (χ4n) is 1.80. The summed E-state index contributed by atoms with van der Waals surface area (Å²) in [5.74, 6) is 0.408. The van der Waals surface area contributed by atoms with E-state index in [0.717, 1.165) is 11.3 Å². The number of amides is 1. The second kappa shape index (κ2) is 6.06. The van der Waals surface area contributed by atoms with Crippen molar-refractivity contribution in [3.8, 4) is 5.75 Å². The van der Waals surface area contributed by atoms with Crippen LogP contribution in [-0.2, 0) is 0 Å². The van der Waals surface area contributed by atoms with Crippen LogP contribution in [0.1, 0.15) is 23.0 Å². The maximum absolute atomic E-state index is 12.0. The summed E-state index contributed by atoms with van der Waals surface area (Å²) in [6, 6.07) is 9.88. The average molecular weight is 272 g/mol. The zero-order valence-electron chi connectivity index (χ0n) is 11.4. The molecule has 20 heavy (non-hydrogen) atoms. The molecule has 0 aliphatic carbocycles. The molecule has 0 saturated heterocycles. The monoisotopic (exact) mass is 272 g/mol. The highest BCUT2D eigenvalue weighted by Crippen LogP contribution is 2.21. The number of pyridine rings is 1. The first-order chi connectivity index (χ1) is 9.60. The fraction of sp³-hybridized carbons (Fsp3) is 0.200. The first kappa shape index (κ1) is 13.9. The molecule has 0 radical (unpaired) electrons. The van der Waals surface area contributed by atoms with Gasteiger partial charge in [0, 0.05) is 11.8 Å². The van der Waals surface area contributed by atoms with Gasteiger partial charge in [-0.2, -0.15) is 0 Å². The molecule has 104 valence electrons. The predicted octanol–water partition coefficient (Wildman–Crippen LogP) is 2.33. The van der Waals surface area contributed by atoms with Crippen LogP contribution in [0, 0.1) is 6.92 Å². The Hall–Kier alpha value is -2.56. The van der Waals surface area contributed by atoms with Crippen LogP contribution in [0.15, 0.2) is 41.2 Å². The topological polar surface area (TPSA) is 71.2 Å². The summed E-state index contributed by atoms with van der Waals surface area (Å²) >= 11 is 0. The van der Waals surface area contributed by atoms with Crippen LogP contribution in [0.4, 0.5) is 5.69 Å². The summed E-state index contributed by atoms with van der Waals surface area (Å²) in [5.41, 5.74) is 1.50. The van der Waals surface area contributed by atoms with Gasteiger partial charge in [-0.3, -0.25) is 9.59 Å². The Balaban J connectivity index is 2.17. The molecule has 1 aromatic heterocycles. The lowest BCUT2D eigenvalue weighted by atomic mass is 10.2. The first-order valence-electron chi connectivity index (χ1n) is 6.34. The molecular weight excluding hydrogens is 256 g/mol. The van der Waals surface area contributed by atoms with E-state index in [2.05, 4.69) is 10.3 Å². The van der Waals surface area contributed by atoms with E-state index in [4.69, 9.17) is 4.74 Å². The molecule has 0 aliphatic heterocycles. The summed E-state index contributed by atoms with van der Waals surface area (Å²) in [4.78, 5) is 25.7. The second-order valence-electron chi connectivity index (χ2n) is 4.29. The number of H-pyrrole nitrogens is 1. The van der Waals surface area contributed by atoms with Crippen LogP contribution < -0.4 is 15.6 Å². The Kier molecular flexibility index (Phi) is 4.20. The number of hydrogen-bond acceptors (Lipinski definition) is 3. The van der Waals surface area contributed by atoms with E-state index in [0.29, 0.717) is 12.3 Å². The van der Waals surface area contributed by atoms with Gasteiger partial charge in [0.1, 0.15) is 11.4 Å². The van der Waals surface area contributed by atoms with Crippen LogP contribution in [0.3, 0.4) is 0 Å². The summed E-state index contributed by atoms with van der Waals surface area (Å²) in [6.07, 6.45) is 0. The summed E-state index contributed by atoms with van der Waals surface area (Å²) < 4.78 is 5.39. The Labute approximate surface area is 116 Å². The van der Waals surface area contributed by atoms with E-state index < -0.39 is 0 Å². The van der Waals surface area contributed by atoms with Crippen LogP contribution in [0.5, 0.6) is 5.75 Å².